The van der Waals surface area contributed by atoms with Crippen molar-refractivity contribution in [2.45, 2.75) is 20.0 Å². The number of hydrogen-bond donors (Lipinski definition) is 1. The van der Waals surface area contributed by atoms with Gasteiger partial charge in [0.05, 0.1) is 0 Å². The maximum Gasteiger partial charge on any atom is 0.0499 e. The van der Waals surface area contributed by atoms with Crippen molar-refractivity contribution in [3.05, 3.63) is 35.0 Å². The van der Waals surface area contributed by atoms with Crippen molar-refractivity contribution in [1.29, 1.82) is 0 Å². The summed E-state index contributed by atoms with van der Waals surface area (Å²) in [6.45, 7) is 3.59. The van der Waals surface area contributed by atoms with Gasteiger partial charge in [0.25, 0.3) is 0 Å². The maximum atomic E-state index is 6.10. The van der Waals surface area contributed by atoms with E-state index in [9.17, 15) is 0 Å². The fraction of sp³-hybridized carbons (Fsp3) is 0.273. The van der Waals surface area contributed by atoms with E-state index in [0.29, 0.717) is 6.54 Å². The molecule has 2 aromatic rings. The van der Waals surface area contributed by atoms with Crippen LogP contribution in [0.25, 0.3) is 10.9 Å². The smallest absolute Gasteiger partial charge is 0.0499 e. The summed E-state index contributed by atoms with van der Waals surface area (Å²) >= 11 is 6.10. The normalized spacial score (nSPS) is 11.1. The van der Waals surface area contributed by atoms with Crippen molar-refractivity contribution >= 4 is 22.5 Å². The molecule has 74 valence electrons. The minimum atomic E-state index is 0.554. The second kappa shape index (κ2) is 3.64. The van der Waals surface area contributed by atoms with Gasteiger partial charge in [-0.25, -0.2) is 0 Å². The molecule has 0 unspecified atom stereocenters. The minimum Gasteiger partial charge on any atom is -0.344 e. The fourth-order valence-corrected chi connectivity index (χ4v) is 2.07. The van der Waals surface area contributed by atoms with Gasteiger partial charge < -0.3 is 10.3 Å². The Balaban J connectivity index is 2.79. The van der Waals surface area contributed by atoms with Crippen molar-refractivity contribution in [3.8, 4) is 0 Å². The van der Waals surface area contributed by atoms with E-state index in [2.05, 4.69) is 23.6 Å². The molecule has 1 aromatic heterocycles. The molecule has 0 atom stereocenters. The van der Waals surface area contributed by atoms with Gasteiger partial charge in [0, 0.05) is 34.7 Å². The molecule has 0 bridgehead atoms. The standard InChI is InChI=1S/C11H13ClN2/c1-2-14-8(7-13)6-9-10(12)4-3-5-11(9)14/h3-6H,2,7,13H2,1H3. The third kappa shape index (κ3) is 1.31. The van der Waals surface area contributed by atoms with Crippen LogP contribution in [0.4, 0.5) is 0 Å². The van der Waals surface area contributed by atoms with E-state index in [0.717, 1.165) is 22.6 Å². The van der Waals surface area contributed by atoms with E-state index >= 15 is 0 Å². The maximum absolute atomic E-state index is 6.10. The molecule has 1 heterocycles. The summed E-state index contributed by atoms with van der Waals surface area (Å²) in [7, 11) is 0. The van der Waals surface area contributed by atoms with Crippen LogP contribution in [0, 0.1) is 0 Å². The minimum absolute atomic E-state index is 0.554. The van der Waals surface area contributed by atoms with Gasteiger partial charge in [0.2, 0.25) is 0 Å². The van der Waals surface area contributed by atoms with E-state index in [1.807, 2.05) is 12.1 Å². The highest BCUT2D eigenvalue weighted by Crippen LogP contribution is 2.26. The zero-order valence-electron chi connectivity index (χ0n) is 8.13. The highest BCUT2D eigenvalue weighted by atomic mass is 35.5. The van der Waals surface area contributed by atoms with E-state index in [1.165, 1.54) is 5.52 Å². The van der Waals surface area contributed by atoms with E-state index < -0.39 is 0 Å². The number of nitrogens with zero attached hydrogens (tertiary/aromatic N) is 1. The number of aromatic nitrogens is 1. The number of halogens is 1. The van der Waals surface area contributed by atoms with E-state index in [1.54, 1.807) is 0 Å². The molecule has 2 nitrogen and oxygen atoms in total. The summed E-state index contributed by atoms with van der Waals surface area (Å²) in [5, 5.41) is 1.89. The summed E-state index contributed by atoms with van der Waals surface area (Å²) in [6, 6.07) is 8.02. The van der Waals surface area contributed by atoms with Crippen molar-refractivity contribution in [2.24, 2.45) is 5.73 Å². The zero-order valence-corrected chi connectivity index (χ0v) is 8.88. The van der Waals surface area contributed by atoms with Crippen LogP contribution in [-0.2, 0) is 13.1 Å². The van der Waals surface area contributed by atoms with Crippen LogP contribution >= 0.6 is 11.6 Å². The first-order chi connectivity index (χ1) is 6.77. The molecule has 3 heteroatoms. The molecule has 0 saturated carbocycles. The number of aryl methyl sites for hydroxylation is 1. The molecule has 14 heavy (non-hydrogen) atoms. The summed E-state index contributed by atoms with van der Waals surface area (Å²) < 4.78 is 2.20. The molecule has 0 amide bonds. The Morgan fingerprint density at radius 2 is 2.21 bits per heavy atom. The molecule has 2 N–H and O–H groups in total. The summed E-state index contributed by atoms with van der Waals surface area (Å²) in [5.74, 6) is 0. The third-order valence-electron chi connectivity index (χ3n) is 2.50. The fourth-order valence-electron chi connectivity index (χ4n) is 1.85. The van der Waals surface area contributed by atoms with Crippen molar-refractivity contribution in [3.63, 3.8) is 0 Å². The molecule has 0 aliphatic heterocycles. The van der Waals surface area contributed by atoms with Crippen LogP contribution in [0.5, 0.6) is 0 Å². The average Bonchev–Trinajstić information content (AvgIpc) is 2.57. The molecule has 0 spiro atoms. The number of fused-ring (bicyclic) bond motifs is 1. The highest BCUT2D eigenvalue weighted by molar-refractivity contribution is 6.35. The van der Waals surface area contributed by atoms with Crippen LogP contribution in [0.2, 0.25) is 5.02 Å². The van der Waals surface area contributed by atoms with Gasteiger partial charge in [-0.05, 0) is 25.1 Å². The molecule has 0 aliphatic carbocycles. The first-order valence-electron chi connectivity index (χ1n) is 4.74. The SMILES string of the molecule is CCn1c(CN)cc2c(Cl)cccc21. The van der Waals surface area contributed by atoms with Gasteiger partial charge >= 0.3 is 0 Å². The molecular weight excluding hydrogens is 196 g/mol. The third-order valence-corrected chi connectivity index (χ3v) is 2.83. The van der Waals surface area contributed by atoms with Crippen LogP contribution in [-0.4, -0.2) is 4.57 Å². The second-order valence-electron chi connectivity index (χ2n) is 3.26. The van der Waals surface area contributed by atoms with E-state index in [-0.39, 0.29) is 0 Å². The molecule has 0 fully saturated rings. The average molecular weight is 209 g/mol. The van der Waals surface area contributed by atoms with Gasteiger partial charge in [-0.3, -0.25) is 0 Å². The predicted octanol–water partition coefficient (Wildman–Crippen LogP) is 2.77. The number of hydrogen-bond acceptors (Lipinski definition) is 1. The lowest BCUT2D eigenvalue weighted by atomic mass is 10.2. The molecule has 1 aromatic carbocycles. The van der Waals surface area contributed by atoms with Gasteiger partial charge in [-0.15, -0.1) is 0 Å². The van der Waals surface area contributed by atoms with Crippen LogP contribution < -0.4 is 5.73 Å². The second-order valence-corrected chi connectivity index (χ2v) is 3.66. The van der Waals surface area contributed by atoms with Crippen molar-refractivity contribution in [1.82, 2.24) is 4.57 Å². The van der Waals surface area contributed by atoms with Crippen molar-refractivity contribution in [2.75, 3.05) is 0 Å². The van der Waals surface area contributed by atoms with Gasteiger partial charge in [-0.2, -0.15) is 0 Å². The van der Waals surface area contributed by atoms with Crippen LogP contribution in [0.3, 0.4) is 0 Å². The lowest BCUT2D eigenvalue weighted by molar-refractivity contribution is 0.739. The molecular formula is C11H13ClN2. The van der Waals surface area contributed by atoms with Gasteiger partial charge in [0.15, 0.2) is 0 Å². The highest BCUT2D eigenvalue weighted by Gasteiger charge is 2.07. The Bertz CT molecular complexity index is 460. The van der Waals surface area contributed by atoms with Gasteiger partial charge in [-0.1, -0.05) is 17.7 Å². The predicted molar refractivity (Wildman–Crippen MR) is 60.5 cm³/mol. The Kier molecular flexibility index (Phi) is 2.48. The monoisotopic (exact) mass is 208 g/mol. The molecule has 0 saturated heterocycles. The number of benzene rings is 1. The largest absolute Gasteiger partial charge is 0.344 e. The van der Waals surface area contributed by atoms with E-state index in [4.69, 9.17) is 17.3 Å². The van der Waals surface area contributed by atoms with Crippen molar-refractivity contribution < 1.29 is 0 Å². The molecule has 2 rings (SSSR count). The van der Waals surface area contributed by atoms with Gasteiger partial charge in [0.1, 0.15) is 0 Å². The number of nitrogens with two attached hydrogens (primary N) is 1. The Morgan fingerprint density at radius 1 is 1.43 bits per heavy atom. The Hall–Kier alpha value is -0.990. The molecule has 0 radical (unpaired) electrons. The summed E-state index contributed by atoms with van der Waals surface area (Å²) in [4.78, 5) is 0. The first kappa shape index (κ1) is 9.56. The zero-order chi connectivity index (χ0) is 10.1. The molecule has 0 aliphatic rings. The lowest BCUT2D eigenvalue weighted by Gasteiger charge is -2.05. The quantitative estimate of drug-likeness (QED) is 0.809. The number of rotatable bonds is 2. The summed E-state index contributed by atoms with van der Waals surface area (Å²) in [5.41, 5.74) is 7.98. The first-order valence-corrected chi connectivity index (χ1v) is 5.12. The topological polar surface area (TPSA) is 30.9 Å². The van der Waals surface area contributed by atoms with Crippen LogP contribution in [0.1, 0.15) is 12.6 Å². The Labute approximate surface area is 88.3 Å². The van der Waals surface area contributed by atoms with Crippen LogP contribution in [0.15, 0.2) is 24.3 Å². The lowest BCUT2D eigenvalue weighted by Crippen LogP contribution is -2.05. The summed E-state index contributed by atoms with van der Waals surface area (Å²) in [6.07, 6.45) is 0. The Morgan fingerprint density at radius 3 is 2.86 bits per heavy atom.